The van der Waals surface area contributed by atoms with E-state index in [0.717, 1.165) is 6.07 Å². The average Bonchev–Trinajstić information content (AvgIpc) is 3.17. The molecule has 1 amide bonds. The summed E-state index contributed by atoms with van der Waals surface area (Å²) >= 11 is 5.76. The van der Waals surface area contributed by atoms with Crippen molar-refractivity contribution in [3.8, 4) is 0 Å². The molecule has 1 aliphatic heterocycles. The third-order valence-corrected chi connectivity index (χ3v) is 6.61. The lowest BCUT2D eigenvalue weighted by molar-refractivity contribution is -0.0582. The highest BCUT2D eigenvalue weighted by molar-refractivity contribution is 7.69. The van der Waals surface area contributed by atoms with Crippen LogP contribution in [-0.4, -0.2) is 50.1 Å². The van der Waals surface area contributed by atoms with Crippen molar-refractivity contribution in [3.05, 3.63) is 63.7 Å². The van der Waals surface area contributed by atoms with E-state index in [4.69, 9.17) is 16.3 Å². The van der Waals surface area contributed by atoms with E-state index in [-0.39, 0.29) is 16.1 Å². The minimum Gasteiger partial charge on any atom is -0.379 e. The van der Waals surface area contributed by atoms with Crippen LogP contribution in [0.25, 0.3) is 0 Å². The van der Waals surface area contributed by atoms with E-state index < -0.39 is 34.5 Å². The van der Waals surface area contributed by atoms with Gasteiger partial charge in [0, 0.05) is 29.9 Å². The van der Waals surface area contributed by atoms with Crippen LogP contribution in [-0.2, 0) is 22.0 Å². The number of halogens is 3. The summed E-state index contributed by atoms with van der Waals surface area (Å²) < 4.78 is 58.8. The summed E-state index contributed by atoms with van der Waals surface area (Å²) in [7, 11) is -3.02. The monoisotopic (exact) mass is 471 g/mol. The number of thiol groups is 1. The molecule has 0 bridgehead atoms. The second kappa shape index (κ2) is 9.17. The molecule has 2 aromatic rings. The molecule has 31 heavy (non-hydrogen) atoms. The largest absolute Gasteiger partial charge is 0.379 e. The molecule has 2 aliphatic rings. The van der Waals surface area contributed by atoms with Gasteiger partial charge in [0.1, 0.15) is 11.6 Å². The standard InChI is InChI=1S/C20H20ClF2N3O4S/c21-15-11-12(1-4-16(15)22)24-20(27)14-2-5-17(23)19-13(14)3-6-18(19)26(31(28)29)25-7-9-30-10-8-25/h1-2,4-5,11,18,31H,3,6-10H2,(H,24,27)/t18-/m0/s1. The second-order valence-electron chi connectivity index (χ2n) is 7.25. The molecule has 7 nitrogen and oxygen atoms in total. The Hall–Kier alpha value is -2.11. The van der Waals surface area contributed by atoms with Crippen LogP contribution in [0, 0.1) is 11.6 Å². The van der Waals surface area contributed by atoms with Crippen molar-refractivity contribution < 1.29 is 26.7 Å². The van der Waals surface area contributed by atoms with Gasteiger partial charge in [-0.2, -0.15) is 0 Å². The van der Waals surface area contributed by atoms with Gasteiger partial charge in [0.25, 0.3) is 5.91 Å². The van der Waals surface area contributed by atoms with Gasteiger partial charge in [-0.05, 0) is 48.7 Å². The van der Waals surface area contributed by atoms with Gasteiger partial charge in [-0.3, -0.25) is 4.79 Å². The lowest BCUT2D eigenvalue weighted by atomic mass is 10.0. The Labute approximate surface area is 184 Å². The molecule has 4 rings (SSSR count). The number of amides is 1. The predicted octanol–water partition coefficient (Wildman–Crippen LogP) is 2.93. The van der Waals surface area contributed by atoms with Gasteiger partial charge in [-0.15, -0.1) is 4.41 Å². The van der Waals surface area contributed by atoms with E-state index in [1.807, 2.05) is 0 Å². The lowest BCUT2D eigenvalue weighted by Gasteiger charge is -2.37. The predicted molar refractivity (Wildman–Crippen MR) is 111 cm³/mol. The molecule has 0 aromatic heterocycles. The van der Waals surface area contributed by atoms with Gasteiger partial charge >= 0.3 is 0 Å². The molecule has 166 valence electrons. The van der Waals surface area contributed by atoms with E-state index in [9.17, 15) is 22.0 Å². The molecule has 1 saturated heterocycles. The first-order valence-electron chi connectivity index (χ1n) is 9.70. The third kappa shape index (κ3) is 4.44. The van der Waals surface area contributed by atoms with Gasteiger partial charge in [0.05, 0.1) is 24.3 Å². The highest BCUT2D eigenvalue weighted by Crippen LogP contribution is 2.40. The molecule has 0 radical (unpaired) electrons. The van der Waals surface area contributed by atoms with Crippen LogP contribution >= 0.6 is 11.6 Å². The van der Waals surface area contributed by atoms with Crippen molar-refractivity contribution in [1.82, 2.24) is 9.42 Å². The number of rotatable bonds is 5. The van der Waals surface area contributed by atoms with Gasteiger partial charge < -0.3 is 10.1 Å². The van der Waals surface area contributed by atoms with E-state index in [1.54, 1.807) is 5.01 Å². The Morgan fingerprint density at radius 1 is 1.16 bits per heavy atom. The number of hydrogen-bond donors (Lipinski definition) is 2. The van der Waals surface area contributed by atoms with Gasteiger partial charge in [0.2, 0.25) is 10.9 Å². The fraction of sp³-hybridized carbons (Fsp3) is 0.350. The number of fused-ring (bicyclic) bond motifs is 1. The maximum absolute atomic E-state index is 14.8. The van der Waals surface area contributed by atoms with E-state index in [1.165, 1.54) is 28.7 Å². The van der Waals surface area contributed by atoms with Crippen molar-refractivity contribution in [2.75, 3.05) is 31.6 Å². The van der Waals surface area contributed by atoms with Gasteiger partial charge in [-0.25, -0.2) is 22.2 Å². The molecule has 1 heterocycles. The van der Waals surface area contributed by atoms with Gasteiger partial charge in [0.15, 0.2) is 0 Å². The number of morpholine rings is 1. The fourth-order valence-corrected chi connectivity index (χ4v) is 5.10. The van der Waals surface area contributed by atoms with E-state index in [0.29, 0.717) is 50.4 Å². The van der Waals surface area contributed by atoms with E-state index >= 15 is 0 Å². The number of benzene rings is 2. The van der Waals surface area contributed by atoms with E-state index in [2.05, 4.69) is 5.32 Å². The Kier molecular flexibility index (Phi) is 6.54. The number of nitrogens with one attached hydrogen (secondary N) is 1. The van der Waals surface area contributed by atoms with Crippen molar-refractivity contribution in [1.29, 1.82) is 0 Å². The Morgan fingerprint density at radius 2 is 1.87 bits per heavy atom. The quantitative estimate of drug-likeness (QED) is 0.656. The molecule has 1 N–H and O–H groups in total. The third-order valence-electron chi connectivity index (χ3n) is 5.45. The topological polar surface area (TPSA) is 79.0 Å². The van der Waals surface area contributed by atoms with Crippen LogP contribution in [0.2, 0.25) is 5.02 Å². The molecule has 2 aromatic carbocycles. The SMILES string of the molecule is O=C(Nc1ccc(F)c(Cl)c1)c1ccc(F)c2c1CC[C@@H]2N(N1CCOCC1)[SH](=O)=O. The maximum atomic E-state index is 14.8. The van der Waals surface area contributed by atoms with Crippen LogP contribution < -0.4 is 5.32 Å². The van der Waals surface area contributed by atoms with Crippen molar-refractivity contribution in [2.24, 2.45) is 0 Å². The van der Waals surface area contributed by atoms with Crippen LogP contribution in [0.4, 0.5) is 14.5 Å². The van der Waals surface area contributed by atoms with Crippen molar-refractivity contribution >= 4 is 34.1 Å². The summed E-state index contributed by atoms with van der Waals surface area (Å²) in [6.45, 7) is 1.51. The zero-order chi connectivity index (χ0) is 22.1. The average molecular weight is 472 g/mol. The van der Waals surface area contributed by atoms with Crippen molar-refractivity contribution in [2.45, 2.75) is 18.9 Å². The van der Waals surface area contributed by atoms with Crippen molar-refractivity contribution in [3.63, 3.8) is 0 Å². The normalized spacial score (nSPS) is 19.1. The summed E-state index contributed by atoms with van der Waals surface area (Å²) in [5.41, 5.74) is 1.20. The molecule has 1 fully saturated rings. The molecule has 0 saturated carbocycles. The van der Waals surface area contributed by atoms with Crippen LogP contribution in [0.1, 0.15) is 33.9 Å². The Morgan fingerprint density at radius 3 is 2.55 bits per heavy atom. The number of carbonyl (C=O) groups is 1. The summed E-state index contributed by atoms with van der Waals surface area (Å²) in [6.07, 6.45) is 0.689. The van der Waals surface area contributed by atoms with Crippen LogP contribution in [0.15, 0.2) is 30.3 Å². The highest BCUT2D eigenvalue weighted by atomic mass is 35.5. The zero-order valence-corrected chi connectivity index (χ0v) is 18.0. The fourth-order valence-electron chi connectivity index (χ4n) is 4.08. The molecule has 1 atom stereocenters. The second-order valence-corrected chi connectivity index (χ2v) is 8.54. The molecule has 11 heteroatoms. The summed E-state index contributed by atoms with van der Waals surface area (Å²) in [4.78, 5) is 12.9. The summed E-state index contributed by atoms with van der Waals surface area (Å²) in [5.74, 6) is -1.68. The lowest BCUT2D eigenvalue weighted by Crippen LogP contribution is -2.49. The number of carbonyl (C=O) groups excluding carboxylic acids is 1. The molecular weight excluding hydrogens is 452 g/mol. The Bertz CT molecular complexity index is 1080. The number of hydrazine groups is 1. The van der Waals surface area contributed by atoms with Crippen LogP contribution in [0.5, 0.6) is 0 Å². The number of hydrogen-bond acceptors (Lipinski definition) is 5. The molecular formula is C20H20ClF2N3O4S. The highest BCUT2D eigenvalue weighted by Gasteiger charge is 2.38. The number of nitrogens with zero attached hydrogens (tertiary/aromatic N) is 2. The number of ether oxygens (including phenoxy) is 1. The number of anilines is 1. The van der Waals surface area contributed by atoms with Gasteiger partial charge in [-0.1, -0.05) is 11.6 Å². The molecule has 1 aliphatic carbocycles. The van der Waals surface area contributed by atoms with Crippen LogP contribution in [0.3, 0.4) is 0 Å². The zero-order valence-electron chi connectivity index (χ0n) is 16.3. The maximum Gasteiger partial charge on any atom is 0.255 e. The Balaban J connectivity index is 1.65. The molecule has 0 unspecified atom stereocenters. The first kappa shape index (κ1) is 22.1. The first-order valence-corrected chi connectivity index (χ1v) is 11.2. The smallest absolute Gasteiger partial charge is 0.255 e. The summed E-state index contributed by atoms with van der Waals surface area (Å²) in [5, 5.41) is 4.14. The minimum atomic E-state index is -3.02. The molecule has 0 spiro atoms. The minimum absolute atomic E-state index is 0.136. The first-order chi connectivity index (χ1) is 14.9. The summed E-state index contributed by atoms with van der Waals surface area (Å²) in [6, 6.07) is 5.58.